The fraction of sp³-hybridized carbons (Fsp3) is 0.188. The van der Waals surface area contributed by atoms with Gasteiger partial charge >= 0.3 is 6.18 Å². The number of amides is 1. The number of nitrogens with one attached hydrogen (secondary N) is 1. The molecule has 0 spiro atoms. The summed E-state index contributed by atoms with van der Waals surface area (Å²) in [5, 5.41) is 3.05. The average Bonchev–Trinajstić information content (AvgIpc) is 2.46. The van der Waals surface area contributed by atoms with Crippen molar-refractivity contribution < 1.29 is 18.0 Å². The standard InChI is InChI=1S/C16H13ClF3NO/c1-10(11-5-4-6-12(17)9-11)21-15(22)13-7-2-3-8-14(13)16(18,19)20/h2-10H,1H3,(H,21,22)/t10-/m0/s1. The molecule has 1 amide bonds. The van der Waals surface area contributed by atoms with E-state index in [2.05, 4.69) is 5.32 Å². The summed E-state index contributed by atoms with van der Waals surface area (Å²) in [4.78, 5) is 12.1. The molecule has 0 saturated carbocycles. The van der Waals surface area contributed by atoms with Gasteiger partial charge in [0.25, 0.3) is 5.91 Å². The number of carbonyl (C=O) groups excluding carboxylic acids is 1. The quantitative estimate of drug-likeness (QED) is 0.858. The van der Waals surface area contributed by atoms with Gasteiger partial charge in [-0.1, -0.05) is 35.9 Å². The molecule has 0 bridgehead atoms. The molecule has 0 unspecified atom stereocenters. The maximum Gasteiger partial charge on any atom is 0.417 e. The highest BCUT2D eigenvalue weighted by Gasteiger charge is 2.35. The van der Waals surface area contributed by atoms with E-state index in [-0.39, 0.29) is 0 Å². The van der Waals surface area contributed by atoms with E-state index in [1.54, 1.807) is 31.2 Å². The van der Waals surface area contributed by atoms with E-state index in [0.717, 1.165) is 12.1 Å². The minimum atomic E-state index is -4.58. The Balaban J connectivity index is 2.23. The van der Waals surface area contributed by atoms with Crippen LogP contribution in [0.4, 0.5) is 13.2 Å². The molecule has 0 radical (unpaired) electrons. The van der Waals surface area contributed by atoms with Gasteiger partial charge in [0.2, 0.25) is 0 Å². The number of halogens is 4. The Labute approximate surface area is 130 Å². The van der Waals surface area contributed by atoms with Crippen molar-refractivity contribution in [3.05, 3.63) is 70.2 Å². The minimum Gasteiger partial charge on any atom is -0.346 e. The van der Waals surface area contributed by atoms with Gasteiger partial charge in [-0.15, -0.1) is 0 Å². The van der Waals surface area contributed by atoms with Gasteiger partial charge in [-0.25, -0.2) is 0 Å². The molecule has 2 aromatic rings. The van der Waals surface area contributed by atoms with E-state index in [4.69, 9.17) is 11.6 Å². The van der Waals surface area contributed by atoms with Crippen LogP contribution in [0.15, 0.2) is 48.5 Å². The van der Waals surface area contributed by atoms with Crippen LogP contribution in [0.5, 0.6) is 0 Å². The van der Waals surface area contributed by atoms with Crippen LogP contribution in [-0.4, -0.2) is 5.91 Å². The highest BCUT2D eigenvalue weighted by molar-refractivity contribution is 6.30. The lowest BCUT2D eigenvalue weighted by Crippen LogP contribution is -2.28. The fourth-order valence-electron chi connectivity index (χ4n) is 2.06. The van der Waals surface area contributed by atoms with Crippen LogP contribution in [-0.2, 0) is 6.18 Å². The Morgan fingerprint density at radius 2 is 1.82 bits per heavy atom. The van der Waals surface area contributed by atoms with E-state index in [9.17, 15) is 18.0 Å². The second kappa shape index (κ2) is 6.40. The molecule has 6 heteroatoms. The molecule has 0 fully saturated rings. The SMILES string of the molecule is C[C@H](NC(=O)c1ccccc1C(F)(F)F)c1cccc(Cl)c1. The Bertz CT molecular complexity index is 685. The lowest BCUT2D eigenvalue weighted by molar-refractivity contribution is -0.137. The first-order chi connectivity index (χ1) is 10.3. The molecule has 1 N–H and O–H groups in total. The maximum atomic E-state index is 12.9. The molecule has 0 aliphatic rings. The van der Waals surface area contributed by atoms with Gasteiger partial charge in [0.05, 0.1) is 17.2 Å². The molecule has 0 saturated heterocycles. The Morgan fingerprint density at radius 1 is 1.14 bits per heavy atom. The van der Waals surface area contributed by atoms with Crippen LogP contribution < -0.4 is 5.32 Å². The molecular formula is C16H13ClF3NO. The van der Waals surface area contributed by atoms with E-state index in [0.29, 0.717) is 10.6 Å². The lowest BCUT2D eigenvalue weighted by atomic mass is 10.0. The van der Waals surface area contributed by atoms with Crippen molar-refractivity contribution >= 4 is 17.5 Å². The topological polar surface area (TPSA) is 29.1 Å². The second-order valence-corrected chi connectivity index (χ2v) is 5.23. The van der Waals surface area contributed by atoms with Gasteiger partial charge in [-0.3, -0.25) is 4.79 Å². The van der Waals surface area contributed by atoms with E-state index >= 15 is 0 Å². The summed E-state index contributed by atoms with van der Waals surface area (Å²) in [5.41, 5.74) is -0.639. The zero-order valence-corrected chi connectivity index (χ0v) is 12.4. The van der Waals surface area contributed by atoms with Gasteiger partial charge in [0.15, 0.2) is 0 Å². The summed E-state index contributed by atoms with van der Waals surface area (Å²) in [7, 11) is 0. The van der Waals surface area contributed by atoms with Gasteiger partial charge < -0.3 is 5.32 Å². The van der Waals surface area contributed by atoms with Crippen LogP contribution in [0.25, 0.3) is 0 Å². The van der Waals surface area contributed by atoms with Crippen molar-refractivity contribution in [2.45, 2.75) is 19.1 Å². The first kappa shape index (κ1) is 16.4. The van der Waals surface area contributed by atoms with Gasteiger partial charge in [0.1, 0.15) is 0 Å². The van der Waals surface area contributed by atoms with Crippen molar-refractivity contribution in [3.8, 4) is 0 Å². The third-order valence-electron chi connectivity index (χ3n) is 3.17. The number of carbonyl (C=O) groups is 1. The first-order valence-electron chi connectivity index (χ1n) is 6.51. The zero-order chi connectivity index (χ0) is 16.3. The summed E-state index contributed by atoms with van der Waals surface area (Å²) < 4.78 is 38.8. The van der Waals surface area contributed by atoms with Crippen LogP contribution in [0.2, 0.25) is 5.02 Å². The smallest absolute Gasteiger partial charge is 0.346 e. The van der Waals surface area contributed by atoms with Crippen molar-refractivity contribution in [3.63, 3.8) is 0 Å². The summed E-state index contributed by atoms with van der Waals surface area (Å²) in [6.45, 7) is 1.68. The number of hydrogen-bond donors (Lipinski definition) is 1. The minimum absolute atomic E-state index is 0.399. The molecule has 0 heterocycles. The molecular weight excluding hydrogens is 315 g/mol. The third kappa shape index (κ3) is 3.80. The summed E-state index contributed by atoms with van der Waals surface area (Å²) in [5.74, 6) is -0.777. The summed E-state index contributed by atoms with van der Waals surface area (Å²) in [6, 6.07) is 11.0. The monoisotopic (exact) mass is 327 g/mol. The highest BCUT2D eigenvalue weighted by atomic mass is 35.5. The Hall–Kier alpha value is -2.01. The number of benzene rings is 2. The Morgan fingerprint density at radius 3 is 2.45 bits per heavy atom. The van der Waals surface area contributed by atoms with Crippen LogP contribution in [0.3, 0.4) is 0 Å². The van der Waals surface area contributed by atoms with Crippen molar-refractivity contribution in [2.75, 3.05) is 0 Å². The van der Waals surface area contributed by atoms with Gasteiger partial charge in [-0.05, 0) is 36.8 Å². The van der Waals surface area contributed by atoms with Crippen LogP contribution in [0.1, 0.15) is 34.5 Å². The number of hydrogen-bond acceptors (Lipinski definition) is 1. The Kier molecular flexibility index (Phi) is 4.76. The first-order valence-corrected chi connectivity index (χ1v) is 6.89. The highest BCUT2D eigenvalue weighted by Crippen LogP contribution is 2.32. The van der Waals surface area contributed by atoms with Crippen LogP contribution in [0, 0.1) is 0 Å². The van der Waals surface area contributed by atoms with Crippen molar-refractivity contribution in [1.29, 1.82) is 0 Å². The number of rotatable bonds is 3. The maximum absolute atomic E-state index is 12.9. The molecule has 22 heavy (non-hydrogen) atoms. The van der Waals surface area contributed by atoms with Crippen molar-refractivity contribution in [2.24, 2.45) is 0 Å². The predicted octanol–water partition coefficient (Wildman–Crippen LogP) is 4.85. The molecule has 0 aliphatic heterocycles. The van der Waals surface area contributed by atoms with E-state index in [1.807, 2.05) is 0 Å². The zero-order valence-electron chi connectivity index (χ0n) is 11.6. The molecule has 0 aliphatic carbocycles. The van der Waals surface area contributed by atoms with Crippen molar-refractivity contribution in [1.82, 2.24) is 5.32 Å². The van der Waals surface area contributed by atoms with E-state index in [1.165, 1.54) is 12.1 Å². The van der Waals surface area contributed by atoms with Gasteiger partial charge in [0, 0.05) is 5.02 Å². The molecule has 2 nitrogen and oxygen atoms in total. The molecule has 2 aromatic carbocycles. The van der Waals surface area contributed by atoms with Gasteiger partial charge in [-0.2, -0.15) is 13.2 Å². The second-order valence-electron chi connectivity index (χ2n) is 4.79. The lowest BCUT2D eigenvalue weighted by Gasteiger charge is -2.17. The summed E-state index contributed by atoms with van der Waals surface area (Å²) in [6.07, 6.45) is -4.58. The number of alkyl halides is 3. The average molecular weight is 328 g/mol. The largest absolute Gasteiger partial charge is 0.417 e. The molecule has 2 rings (SSSR count). The van der Waals surface area contributed by atoms with E-state index < -0.39 is 29.3 Å². The molecule has 0 aromatic heterocycles. The normalized spacial score (nSPS) is 12.8. The van der Waals surface area contributed by atoms with Crippen LogP contribution >= 0.6 is 11.6 Å². The fourth-order valence-corrected chi connectivity index (χ4v) is 2.26. The summed E-state index contributed by atoms with van der Waals surface area (Å²) >= 11 is 5.87. The molecule has 1 atom stereocenters. The molecule has 116 valence electrons. The predicted molar refractivity (Wildman–Crippen MR) is 78.8 cm³/mol. The third-order valence-corrected chi connectivity index (χ3v) is 3.41.